The van der Waals surface area contributed by atoms with Gasteiger partial charge < -0.3 is 4.43 Å². The molecule has 0 aromatic heterocycles. The van der Waals surface area contributed by atoms with Crippen molar-refractivity contribution in [2.24, 2.45) is 0 Å². The molecule has 2 aromatic rings. The van der Waals surface area contributed by atoms with E-state index in [2.05, 4.69) is 94.5 Å². The molecule has 26 heavy (non-hydrogen) atoms. The van der Waals surface area contributed by atoms with Crippen LogP contribution in [0.15, 0.2) is 60.7 Å². The molecule has 0 aliphatic heterocycles. The van der Waals surface area contributed by atoms with Crippen molar-refractivity contribution in [3.8, 4) is 0 Å². The molecular formula is C23H33LiOSi. The predicted molar refractivity (Wildman–Crippen MR) is 111 cm³/mol. The van der Waals surface area contributed by atoms with Gasteiger partial charge in [-0.05, 0) is 24.6 Å². The van der Waals surface area contributed by atoms with Crippen LogP contribution in [-0.2, 0) is 4.43 Å². The maximum absolute atomic E-state index is 6.32. The van der Waals surface area contributed by atoms with Crippen molar-refractivity contribution in [3.63, 3.8) is 0 Å². The third-order valence-electron chi connectivity index (χ3n) is 5.33. The summed E-state index contributed by atoms with van der Waals surface area (Å²) in [6.45, 7) is 12.5. The number of unbranched alkanes of at least 4 members (excludes halogenated alkanes) is 1. The van der Waals surface area contributed by atoms with E-state index in [1.54, 1.807) is 0 Å². The average Bonchev–Trinajstić information content (AvgIpc) is 2.58. The van der Waals surface area contributed by atoms with Crippen LogP contribution in [-0.4, -0.2) is 14.9 Å². The maximum atomic E-state index is 6.32. The van der Waals surface area contributed by atoms with E-state index in [0.717, 1.165) is 25.9 Å². The van der Waals surface area contributed by atoms with E-state index in [0.29, 0.717) is 5.04 Å². The van der Waals surface area contributed by atoms with Crippen molar-refractivity contribution in [2.45, 2.75) is 58.2 Å². The van der Waals surface area contributed by atoms with E-state index in [1.807, 2.05) is 0 Å². The minimum atomic E-state index is -1.62. The smallest absolute Gasteiger partial charge is 0.417 e. The van der Waals surface area contributed by atoms with Crippen LogP contribution in [0.4, 0.5) is 0 Å². The normalized spacial score (nSPS) is 11.7. The summed E-state index contributed by atoms with van der Waals surface area (Å²) in [5, 5.41) is 0.290. The van der Waals surface area contributed by atoms with E-state index >= 15 is 0 Å². The van der Waals surface area contributed by atoms with E-state index in [-0.39, 0.29) is 18.9 Å². The third-order valence-corrected chi connectivity index (χ3v) is 9.87. The Morgan fingerprint density at radius 3 is 1.69 bits per heavy atom. The summed E-state index contributed by atoms with van der Waals surface area (Å²) in [7, 11) is -1.62. The van der Waals surface area contributed by atoms with Crippen molar-refractivity contribution in [1.29, 1.82) is 0 Å². The van der Waals surface area contributed by atoms with Crippen LogP contribution >= 0.6 is 0 Å². The first-order valence-electron chi connectivity index (χ1n) is 9.42. The zero-order valence-electron chi connectivity index (χ0n) is 17.5. The number of hydrogen-bond donors (Lipinski definition) is 0. The Hall–Kier alpha value is -0.916. The Kier molecular flexibility index (Phi) is 9.27. The average molecular weight is 361 g/mol. The van der Waals surface area contributed by atoms with Gasteiger partial charge in [-0.25, -0.2) is 0 Å². The Morgan fingerprint density at radius 2 is 1.27 bits per heavy atom. The Labute approximate surface area is 173 Å². The van der Waals surface area contributed by atoms with Gasteiger partial charge in [-0.1, -0.05) is 70.0 Å². The Morgan fingerprint density at radius 1 is 0.808 bits per heavy atom. The third kappa shape index (κ3) is 6.67. The Balaban J connectivity index is 0.00000338. The zero-order chi connectivity index (χ0) is 18.3. The minimum absolute atomic E-state index is 0. The fourth-order valence-corrected chi connectivity index (χ4v) is 3.77. The molecule has 0 atom stereocenters. The van der Waals surface area contributed by atoms with Gasteiger partial charge in [0.05, 0.1) is 0 Å². The fraction of sp³-hybridized carbons (Fsp3) is 0.435. The van der Waals surface area contributed by atoms with Crippen LogP contribution in [0, 0.1) is 5.92 Å². The van der Waals surface area contributed by atoms with Crippen LogP contribution < -0.4 is 18.9 Å². The quantitative estimate of drug-likeness (QED) is 0.395. The van der Waals surface area contributed by atoms with E-state index in [1.165, 1.54) is 17.0 Å². The largest absolute Gasteiger partial charge is 1.00 e. The van der Waals surface area contributed by atoms with Crippen molar-refractivity contribution in [2.75, 3.05) is 6.61 Å². The second-order valence-corrected chi connectivity index (χ2v) is 13.1. The zero-order valence-corrected chi connectivity index (χ0v) is 18.5. The van der Waals surface area contributed by atoms with Gasteiger partial charge in [0.1, 0.15) is 0 Å². The van der Waals surface area contributed by atoms with Gasteiger partial charge in [-0.15, -0.1) is 41.3 Å². The molecule has 0 unspecified atom stereocenters. The van der Waals surface area contributed by atoms with Gasteiger partial charge in [-0.3, -0.25) is 0 Å². The molecule has 0 radical (unpaired) electrons. The molecule has 0 heterocycles. The summed E-state index contributed by atoms with van der Waals surface area (Å²) in [6, 6.07) is 21.5. The van der Waals surface area contributed by atoms with Crippen molar-refractivity contribution < 1.29 is 23.3 Å². The molecule has 0 spiro atoms. The van der Waals surface area contributed by atoms with Crippen molar-refractivity contribution in [3.05, 3.63) is 77.7 Å². The number of rotatable bonds is 8. The monoisotopic (exact) mass is 360 g/mol. The van der Waals surface area contributed by atoms with Crippen LogP contribution in [0.2, 0.25) is 18.1 Å². The molecule has 0 saturated carbocycles. The van der Waals surface area contributed by atoms with Crippen LogP contribution in [0.5, 0.6) is 0 Å². The molecule has 0 aliphatic carbocycles. The molecule has 0 saturated heterocycles. The number of hydrogen-bond acceptors (Lipinski definition) is 1. The van der Waals surface area contributed by atoms with Crippen molar-refractivity contribution >= 4 is 8.32 Å². The van der Waals surface area contributed by atoms with Crippen molar-refractivity contribution in [1.82, 2.24) is 0 Å². The molecule has 0 N–H and O–H groups in total. The van der Waals surface area contributed by atoms with Crippen LogP contribution in [0.3, 0.4) is 0 Å². The van der Waals surface area contributed by atoms with Crippen LogP contribution in [0.1, 0.15) is 51.2 Å². The van der Waals surface area contributed by atoms with E-state index < -0.39 is 8.32 Å². The van der Waals surface area contributed by atoms with Gasteiger partial charge in [0.2, 0.25) is 0 Å². The first-order valence-corrected chi connectivity index (χ1v) is 12.3. The summed E-state index contributed by atoms with van der Waals surface area (Å²) in [5.41, 5.74) is 2.66. The second-order valence-electron chi connectivity index (χ2n) is 8.28. The first kappa shape index (κ1) is 23.1. The molecule has 0 bridgehead atoms. The molecule has 0 fully saturated rings. The van der Waals surface area contributed by atoms with Gasteiger partial charge in [0, 0.05) is 6.61 Å². The standard InChI is InChI=1S/C23H33OSi.Li/c1-23(2,3)25(4,5)24-19-13-12-18-22(20-14-8-6-9-15-20)21-16-10-7-11-17-21;/h6-11,14-17H,12-13,18-19H2,1-5H3;/q-1;+1. The molecule has 3 heteroatoms. The van der Waals surface area contributed by atoms with Gasteiger partial charge >= 0.3 is 18.9 Å². The van der Waals surface area contributed by atoms with E-state index in [9.17, 15) is 0 Å². The molecule has 0 amide bonds. The summed E-state index contributed by atoms with van der Waals surface area (Å²) >= 11 is 0. The summed E-state index contributed by atoms with van der Waals surface area (Å²) < 4.78 is 6.32. The first-order chi connectivity index (χ1) is 11.8. The summed E-state index contributed by atoms with van der Waals surface area (Å²) in [4.78, 5) is 0. The minimum Gasteiger partial charge on any atom is -0.417 e. The molecule has 136 valence electrons. The molecule has 0 aliphatic rings. The summed E-state index contributed by atoms with van der Waals surface area (Å²) in [6.07, 6.45) is 3.37. The Bertz CT molecular complexity index is 580. The maximum Gasteiger partial charge on any atom is 1.00 e. The molecule has 1 nitrogen and oxygen atoms in total. The van der Waals surface area contributed by atoms with Crippen LogP contribution in [0.25, 0.3) is 0 Å². The number of benzene rings is 2. The van der Waals surface area contributed by atoms with Gasteiger partial charge in [0.15, 0.2) is 8.32 Å². The fourth-order valence-electron chi connectivity index (χ4n) is 2.68. The second kappa shape index (κ2) is 10.4. The SMILES string of the molecule is CC(C)(C)[Si](C)(C)OCCCC[C-](c1ccccc1)c1ccccc1.[Li+]. The molecular weight excluding hydrogens is 327 g/mol. The predicted octanol–water partition coefficient (Wildman–Crippen LogP) is 3.85. The van der Waals surface area contributed by atoms with Gasteiger partial charge in [0.25, 0.3) is 0 Å². The molecule has 2 rings (SSSR count). The summed E-state index contributed by atoms with van der Waals surface area (Å²) in [5.74, 6) is 1.44. The van der Waals surface area contributed by atoms with Gasteiger partial charge in [-0.2, -0.15) is 0 Å². The molecule has 2 aromatic carbocycles. The topological polar surface area (TPSA) is 9.23 Å². The van der Waals surface area contributed by atoms with E-state index in [4.69, 9.17) is 4.43 Å².